The second-order valence-corrected chi connectivity index (χ2v) is 4.70. The molecule has 68 valence electrons. The molecule has 0 amide bonds. The third-order valence-corrected chi connectivity index (χ3v) is 2.87. The Kier molecular flexibility index (Phi) is 3.23. The van der Waals surface area contributed by atoms with Crippen LogP contribution in [-0.2, 0) is 6.54 Å². The number of rotatable bonds is 3. The summed E-state index contributed by atoms with van der Waals surface area (Å²) in [4.78, 5) is 7.88. The van der Waals surface area contributed by atoms with E-state index >= 15 is 0 Å². The maximum absolute atomic E-state index is 4.35. The van der Waals surface area contributed by atoms with Crippen molar-refractivity contribution >= 4 is 11.3 Å². The third kappa shape index (κ3) is 2.57. The SMILES string of the molecule is CC(C)c1cnc(CN(C)C)s1. The average Bonchev–Trinajstić information content (AvgIpc) is 2.34. The largest absolute Gasteiger partial charge is 0.303 e. The molecule has 2 nitrogen and oxygen atoms in total. The zero-order valence-electron chi connectivity index (χ0n) is 8.16. The van der Waals surface area contributed by atoms with Gasteiger partial charge >= 0.3 is 0 Å². The highest BCUT2D eigenvalue weighted by Gasteiger charge is 2.05. The summed E-state index contributed by atoms with van der Waals surface area (Å²) >= 11 is 1.82. The fourth-order valence-corrected chi connectivity index (χ4v) is 1.98. The molecule has 0 aliphatic carbocycles. The van der Waals surface area contributed by atoms with Gasteiger partial charge in [-0.1, -0.05) is 13.8 Å². The highest BCUT2D eigenvalue weighted by molar-refractivity contribution is 7.11. The number of hydrogen-bond donors (Lipinski definition) is 0. The summed E-state index contributed by atoms with van der Waals surface area (Å²) in [5, 5.41) is 1.21. The molecule has 1 aromatic rings. The topological polar surface area (TPSA) is 16.1 Å². The lowest BCUT2D eigenvalue weighted by atomic mass is 10.2. The predicted molar refractivity (Wildman–Crippen MR) is 53.6 cm³/mol. The van der Waals surface area contributed by atoms with Crippen molar-refractivity contribution in [1.82, 2.24) is 9.88 Å². The minimum Gasteiger partial charge on any atom is -0.303 e. The van der Waals surface area contributed by atoms with Crippen LogP contribution < -0.4 is 0 Å². The molecule has 0 aliphatic rings. The van der Waals surface area contributed by atoms with Gasteiger partial charge in [-0.3, -0.25) is 0 Å². The van der Waals surface area contributed by atoms with Crippen LogP contribution in [-0.4, -0.2) is 24.0 Å². The van der Waals surface area contributed by atoms with Crippen LogP contribution in [0.1, 0.15) is 29.7 Å². The summed E-state index contributed by atoms with van der Waals surface area (Å²) in [6, 6.07) is 0. The van der Waals surface area contributed by atoms with Gasteiger partial charge in [0.15, 0.2) is 0 Å². The first-order valence-corrected chi connectivity index (χ1v) is 5.00. The van der Waals surface area contributed by atoms with Crippen molar-refractivity contribution in [3.05, 3.63) is 16.1 Å². The van der Waals surface area contributed by atoms with E-state index in [2.05, 4.69) is 37.8 Å². The van der Waals surface area contributed by atoms with E-state index in [0.717, 1.165) is 6.54 Å². The fraction of sp³-hybridized carbons (Fsp3) is 0.667. The lowest BCUT2D eigenvalue weighted by molar-refractivity contribution is 0.401. The molecular formula is C9H16N2S. The van der Waals surface area contributed by atoms with Gasteiger partial charge in [0.1, 0.15) is 5.01 Å². The van der Waals surface area contributed by atoms with Crippen molar-refractivity contribution < 1.29 is 0 Å². The Morgan fingerprint density at radius 2 is 2.17 bits per heavy atom. The standard InChI is InChI=1S/C9H16N2S/c1-7(2)8-5-10-9(12-8)6-11(3)4/h5,7H,6H2,1-4H3. The Labute approximate surface area is 78.2 Å². The first-order valence-electron chi connectivity index (χ1n) is 4.19. The minimum absolute atomic E-state index is 0.610. The van der Waals surface area contributed by atoms with E-state index in [1.54, 1.807) is 0 Å². The average molecular weight is 184 g/mol. The minimum atomic E-state index is 0.610. The van der Waals surface area contributed by atoms with Gasteiger partial charge in [-0.15, -0.1) is 11.3 Å². The molecule has 0 saturated carbocycles. The van der Waals surface area contributed by atoms with Gasteiger partial charge in [-0.05, 0) is 20.0 Å². The number of thiazole rings is 1. The van der Waals surface area contributed by atoms with Gasteiger partial charge in [0, 0.05) is 17.6 Å². The molecule has 0 spiro atoms. The quantitative estimate of drug-likeness (QED) is 0.716. The van der Waals surface area contributed by atoms with Gasteiger partial charge in [-0.25, -0.2) is 4.98 Å². The lowest BCUT2D eigenvalue weighted by Gasteiger charge is -2.05. The molecule has 0 radical (unpaired) electrons. The van der Waals surface area contributed by atoms with E-state index in [-0.39, 0.29) is 0 Å². The van der Waals surface area contributed by atoms with E-state index < -0.39 is 0 Å². The summed E-state index contributed by atoms with van der Waals surface area (Å²) in [5.74, 6) is 0.610. The Morgan fingerprint density at radius 3 is 2.58 bits per heavy atom. The van der Waals surface area contributed by atoms with Crippen LogP contribution >= 0.6 is 11.3 Å². The van der Waals surface area contributed by atoms with Crippen molar-refractivity contribution in [2.24, 2.45) is 0 Å². The zero-order valence-corrected chi connectivity index (χ0v) is 8.98. The molecule has 0 atom stereocenters. The molecule has 1 heterocycles. The van der Waals surface area contributed by atoms with Crippen LogP contribution in [0.15, 0.2) is 6.20 Å². The summed E-state index contributed by atoms with van der Waals surface area (Å²) in [7, 11) is 4.13. The molecule has 0 saturated heterocycles. The normalized spacial score (nSPS) is 11.5. The van der Waals surface area contributed by atoms with Crippen LogP contribution in [0.2, 0.25) is 0 Å². The molecule has 0 N–H and O–H groups in total. The van der Waals surface area contributed by atoms with Crippen LogP contribution in [0.3, 0.4) is 0 Å². The Morgan fingerprint density at radius 1 is 1.50 bits per heavy atom. The Hall–Kier alpha value is -0.410. The van der Waals surface area contributed by atoms with Gasteiger partial charge in [0.2, 0.25) is 0 Å². The molecule has 12 heavy (non-hydrogen) atoms. The second-order valence-electron chi connectivity index (χ2n) is 3.55. The second kappa shape index (κ2) is 4.01. The highest BCUT2D eigenvalue weighted by atomic mass is 32.1. The maximum Gasteiger partial charge on any atom is 0.107 e. The van der Waals surface area contributed by atoms with Gasteiger partial charge < -0.3 is 4.90 Å². The van der Waals surface area contributed by atoms with Gasteiger partial charge in [0.25, 0.3) is 0 Å². The van der Waals surface area contributed by atoms with Crippen molar-refractivity contribution in [3.63, 3.8) is 0 Å². The zero-order chi connectivity index (χ0) is 9.14. The third-order valence-electron chi connectivity index (χ3n) is 1.59. The molecule has 3 heteroatoms. The van der Waals surface area contributed by atoms with Crippen LogP contribution in [0.5, 0.6) is 0 Å². The summed E-state index contributed by atoms with van der Waals surface area (Å²) in [5.41, 5.74) is 0. The van der Waals surface area contributed by atoms with E-state index in [9.17, 15) is 0 Å². The Bertz CT molecular complexity index is 240. The Balaban J connectivity index is 2.64. The van der Waals surface area contributed by atoms with Crippen molar-refractivity contribution in [1.29, 1.82) is 0 Å². The van der Waals surface area contributed by atoms with E-state index in [1.165, 1.54) is 9.88 Å². The van der Waals surface area contributed by atoms with E-state index in [1.807, 2.05) is 17.5 Å². The predicted octanol–water partition coefficient (Wildman–Crippen LogP) is 2.33. The number of aromatic nitrogens is 1. The van der Waals surface area contributed by atoms with E-state index in [0.29, 0.717) is 5.92 Å². The lowest BCUT2D eigenvalue weighted by Crippen LogP contribution is -2.09. The summed E-state index contributed by atoms with van der Waals surface area (Å²) in [6.45, 7) is 5.36. The molecule has 0 aromatic carbocycles. The van der Waals surface area contributed by atoms with Crippen molar-refractivity contribution in [2.45, 2.75) is 26.3 Å². The van der Waals surface area contributed by atoms with E-state index in [4.69, 9.17) is 0 Å². The molecular weight excluding hydrogens is 168 g/mol. The first-order chi connectivity index (χ1) is 5.59. The molecule has 0 aliphatic heterocycles. The van der Waals surface area contributed by atoms with Crippen molar-refractivity contribution in [2.75, 3.05) is 14.1 Å². The highest BCUT2D eigenvalue weighted by Crippen LogP contribution is 2.22. The smallest absolute Gasteiger partial charge is 0.107 e. The van der Waals surface area contributed by atoms with Crippen molar-refractivity contribution in [3.8, 4) is 0 Å². The van der Waals surface area contributed by atoms with Crippen LogP contribution in [0.25, 0.3) is 0 Å². The molecule has 1 aromatic heterocycles. The fourth-order valence-electron chi connectivity index (χ4n) is 0.935. The number of hydrogen-bond acceptors (Lipinski definition) is 3. The molecule has 1 rings (SSSR count). The first kappa shape index (κ1) is 9.68. The number of nitrogens with zero attached hydrogens (tertiary/aromatic N) is 2. The molecule has 0 unspecified atom stereocenters. The molecule has 0 bridgehead atoms. The molecule has 0 fully saturated rings. The van der Waals surface area contributed by atoms with Gasteiger partial charge in [-0.2, -0.15) is 0 Å². The van der Waals surface area contributed by atoms with Crippen LogP contribution in [0.4, 0.5) is 0 Å². The van der Waals surface area contributed by atoms with Crippen LogP contribution in [0, 0.1) is 0 Å². The maximum atomic E-state index is 4.35. The summed E-state index contributed by atoms with van der Waals surface area (Å²) < 4.78 is 0. The van der Waals surface area contributed by atoms with Gasteiger partial charge in [0.05, 0.1) is 0 Å². The summed E-state index contributed by atoms with van der Waals surface area (Å²) in [6.07, 6.45) is 1.99. The monoisotopic (exact) mass is 184 g/mol.